The standard InChI is InChI=1S/C22H37N3O5S/c1-6-24(7-2)19-12-11-18(21(14-19)30-31(27,28)8-3)15-25(22(26)23-17(4)5)16-20-10-9-13-29-20/h11-12,14,17,20H,6-10,13,15-16H2,1-5H3,(H,23,26)/t20-/m0/s1. The zero-order valence-electron chi connectivity index (χ0n) is 19.4. The van der Waals surface area contributed by atoms with Crippen molar-refractivity contribution in [3.8, 4) is 5.75 Å². The number of ether oxygens (including phenoxy) is 1. The first-order chi connectivity index (χ1) is 14.7. The summed E-state index contributed by atoms with van der Waals surface area (Å²) in [4.78, 5) is 16.6. The third kappa shape index (κ3) is 7.57. The fourth-order valence-corrected chi connectivity index (χ4v) is 4.08. The summed E-state index contributed by atoms with van der Waals surface area (Å²) < 4.78 is 35.7. The second-order valence-corrected chi connectivity index (χ2v) is 9.87. The van der Waals surface area contributed by atoms with Crippen LogP contribution in [0, 0.1) is 0 Å². The monoisotopic (exact) mass is 455 g/mol. The van der Waals surface area contributed by atoms with Crippen molar-refractivity contribution in [2.75, 3.05) is 36.9 Å². The molecule has 0 saturated carbocycles. The maximum atomic E-state index is 12.9. The molecule has 0 radical (unpaired) electrons. The maximum absolute atomic E-state index is 12.9. The van der Waals surface area contributed by atoms with Crippen molar-refractivity contribution in [1.29, 1.82) is 0 Å². The number of nitrogens with zero attached hydrogens (tertiary/aromatic N) is 2. The Hall–Kier alpha value is -2.00. The van der Waals surface area contributed by atoms with Crippen LogP contribution in [0.5, 0.6) is 5.75 Å². The average Bonchev–Trinajstić information content (AvgIpc) is 3.22. The summed E-state index contributed by atoms with van der Waals surface area (Å²) in [6.45, 7) is 12.4. The van der Waals surface area contributed by atoms with Gasteiger partial charge in [-0.1, -0.05) is 6.07 Å². The minimum atomic E-state index is -3.71. The Morgan fingerprint density at radius 1 is 1.26 bits per heavy atom. The number of urea groups is 1. The predicted molar refractivity (Wildman–Crippen MR) is 123 cm³/mol. The van der Waals surface area contributed by atoms with Crippen molar-refractivity contribution >= 4 is 21.8 Å². The van der Waals surface area contributed by atoms with Gasteiger partial charge < -0.3 is 24.0 Å². The van der Waals surface area contributed by atoms with E-state index >= 15 is 0 Å². The van der Waals surface area contributed by atoms with E-state index in [-0.39, 0.29) is 36.2 Å². The zero-order valence-corrected chi connectivity index (χ0v) is 20.2. The Bertz CT molecular complexity index is 818. The van der Waals surface area contributed by atoms with E-state index in [4.69, 9.17) is 8.92 Å². The van der Waals surface area contributed by atoms with Crippen LogP contribution in [0.2, 0.25) is 0 Å². The normalized spacial score (nSPS) is 16.4. The minimum absolute atomic E-state index is 0.0132. The molecular formula is C22H37N3O5S. The molecule has 1 aromatic rings. The van der Waals surface area contributed by atoms with Crippen LogP contribution in [0.3, 0.4) is 0 Å². The number of hydrogen-bond donors (Lipinski definition) is 1. The highest BCUT2D eigenvalue weighted by Crippen LogP contribution is 2.29. The van der Waals surface area contributed by atoms with Crippen molar-refractivity contribution in [3.63, 3.8) is 0 Å². The highest BCUT2D eigenvalue weighted by atomic mass is 32.2. The molecular weight excluding hydrogens is 418 g/mol. The van der Waals surface area contributed by atoms with E-state index in [0.29, 0.717) is 18.7 Å². The molecule has 1 aliphatic rings. The number of carbonyl (C=O) groups excluding carboxylic acids is 1. The van der Waals surface area contributed by atoms with Crippen LogP contribution < -0.4 is 14.4 Å². The fourth-order valence-electron chi connectivity index (χ4n) is 3.53. The van der Waals surface area contributed by atoms with Gasteiger partial charge in [-0.3, -0.25) is 0 Å². The molecule has 0 spiro atoms. The van der Waals surface area contributed by atoms with Crippen LogP contribution in [0.4, 0.5) is 10.5 Å². The lowest BCUT2D eigenvalue weighted by Gasteiger charge is -2.28. The molecule has 0 unspecified atom stereocenters. The molecule has 9 heteroatoms. The van der Waals surface area contributed by atoms with Gasteiger partial charge in [-0.25, -0.2) is 4.79 Å². The van der Waals surface area contributed by atoms with Gasteiger partial charge in [0.2, 0.25) is 0 Å². The van der Waals surface area contributed by atoms with E-state index in [1.807, 2.05) is 39.8 Å². The molecule has 8 nitrogen and oxygen atoms in total. The van der Waals surface area contributed by atoms with Gasteiger partial charge in [0.15, 0.2) is 0 Å². The Labute approximate surface area is 187 Å². The summed E-state index contributed by atoms with van der Waals surface area (Å²) in [5.41, 5.74) is 1.53. The minimum Gasteiger partial charge on any atom is -0.382 e. The molecule has 2 amide bonds. The van der Waals surface area contributed by atoms with Gasteiger partial charge in [0.1, 0.15) is 5.75 Å². The second kappa shape index (κ2) is 11.6. The molecule has 1 aliphatic heterocycles. The Morgan fingerprint density at radius 3 is 2.52 bits per heavy atom. The lowest BCUT2D eigenvalue weighted by molar-refractivity contribution is 0.0790. The molecule has 2 rings (SSSR count). The fraction of sp³-hybridized carbons (Fsp3) is 0.682. The summed E-state index contributed by atoms with van der Waals surface area (Å²) >= 11 is 0. The Morgan fingerprint density at radius 2 is 1.97 bits per heavy atom. The van der Waals surface area contributed by atoms with Gasteiger partial charge >= 0.3 is 16.1 Å². The smallest absolute Gasteiger partial charge is 0.317 e. The molecule has 1 saturated heterocycles. The number of carbonyl (C=O) groups is 1. The molecule has 1 aromatic carbocycles. The zero-order chi connectivity index (χ0) is 23.0. The van der Waals surface area contributed by atoms with Gasteiger partial charge in [-0.2, -0.15) is 8.42 Å². The molecule has 0 aromatic heterocycles. The number of benzene rings is 1. The number of amides is 2. The summed E-state index contributed by atoms with van der Waals surface area (Å²) in [7, 11) is -3.71. The summed E-state index contributed by atoms with van der Waals surface area (Å²) in [6.07, 6.45) is 1.86. The molecule has 1 N–H and O–H groups in total. The Balaban J connectivity index is 2.36. The third-order valence-electron chi connectivity index (χ3n) is 5.26. The highest BCUT2D eigenvalue weighted by molar-refractivity contribution is 7.87. The van der Waals surface area contributed by atoms with E-state index in [2.05, 4.69) is 10.2 Å². The number of hydrogen-bond acceptors (Lipinski definition) is 6. The SMILES string of the molecule is CCN(CC)c1ccc(CN(C[C@@H]2CCCO2)C(=O)NC(C)C)c(OS(=O)(=O)CC)c1. The van der Waals surface area contributed by atoms with Crippen molar-refractivity contribution < 1.29 is 22.1 Å². The van der Waals surface area contributed by atoms with E-state index in [9.17, 15) is 13.2 Å². The summed E-state index contributed by atoms with van der Waals surface area (Å²) in [5, 5.41) is 2.93. The first kappa shape index (κ1) is 25.3. The highest BCUT2D eigenvalue weighted by Gasteiger charge is 2.25. The molecule has 1 atom stereocenters. The summed E-state index contributed by atoms with van der Waals surface area (Å²) in [6, 6.07) is 5.32. The van der Waals surface area contributed by atoms with Crippen LogP contribution >= 0.6 is 0 Å². The van der Waals surface area contributed by atoms with Crippen LogP contribution in [0.1, 0.15) is 53.0 Å². The molecule has 176 valence electrons. The number of anilines is 1. The van der Waals surface area contributed by atoms with Gasteiger partial charge in [-0.15, -0.1) is 0 Å². The van der Waals surface area contributed by atoms with Crippen molar-refractivity contribution in [2.24, 2.45) is 0 Å². The molecule has 1 fully saturated rings. The van der Waals surface area contributed by atoms with E-state index < -0.39 is 10.1 Å². The van der Waals surface area contributed by atoms with Crippen LogP contribution in [-0.2, 0) is 21.4 Å². The quantitative estimate of drug-likeness (QED) is 0.515. The lowest BCUT2D eigenvalue weighted by Crippen LogP contribution is -2.45. The van der Waals surface area contributed by atoms with Gasteiger partial charge in [0.25, 0.3) is 0 Å². The lowest BCUT2D eigenvalue weighted by atomic mass is 10.1. The van der Waals surface area contributed by atoms with Crippen LogP contribution in [-0.4, -0.2) is 63.5 Å². The first-order valence-electron chi connectivity index (χ1n) is 11.2. The molecule has 1 heterocycles. The number of rotatable bonds is 11. The second-order valence-electron chi connectivity index (χ2n) is 8.01. The first-order valence-corrected chi connectivity index (χ1v) is 12.7. The van der Waals surface area contributed by atoms with E-state index in [1.165, 1.54) is 0 Å². The van der Waals surface area contributed by atoms with Gasteiger partial charge in [0, 0.05) is 49.6 Å². The van der Waals surface area contributed by atoms with Crippen LogP contribution in [0.15, 0.2) is 18.2 Å². The third-order valence-corrected chi connectivity index (χ3v) is 6.40. The predicted octanol–water partition coefficient (Wildman–Crippen LogP) is 3.36. The molecule has 0 bridgehead atoms. The topological polar surface area (TPSA) is 88.2 Å². The van der Waals surface area contributed by atoms with Crippen LogP contribution in [0.25, 0.3) is 0 Å². The number of nitrogens with one attached hydrogen (secondary N) is 1. The van der Waals surface area contributed by atoms with Gasteiger partial charge in [-0.05, 0) is 53.5 Å². The maximum Gasteiger partial charge on any atom is 0.317 e. The van der Waals surface area contributed by atoms with Crippen molar-refractivity contribution in [2.45, 2.75) is 66.2 Å². The Kier molecular flexibility index (Phi) is 9.43. The van der Waals surface area contributed by atoms with Gasteiger partial charge in [0.05, 0.1) is 18.4 Å². The summed E-state index contributed by atoms with van der Waals surface area (Å²) in [5.74, 6) is 0.135. The van der Waals surface area contributed by atoms with Crippen molar-refractivity contribution in [1.82, 2.24) is 10.2 Å². The van der Waals surface area contributed by atoms with Crippen molar-refractivity contribution in [3.05, 3.63) is 23.8 Å². The average molecular weight is 456 g/mol. The molecule has 31 heavy (non-hydrogen) atoms. The van der Waals surface area contributed by atoms with E-state index in [0.717, 1.165) is 31.6 Å². The largest absolute Gasteiger partial charge is 0.382 e. The van der Waals surface area contributed by atoms with E-state index in [1.54, 1.807) is 17.9 Å². The molecule has 0 aliphatic carbocycles.